The third-order valence-electron chi connectivity index (χ3n) is 31.7. The minimum Gasteiger partial charge on any atom is -0.310 e. The number of para-hydroxylation sites is 1. The van der Waals surface area contributed by atoms with Crippen LogP contribution >= 0.6 is 0 Å². The SMILES string of the molecule is CC(C)(C)c1cc(-c2ccccc2)c(N2c3cc(-n4c5ccccc5c5cc6c(cc54)C4(c5ccccc5-c5ccccc54)c4ccccc4-6)ccc3B3c4ccc(-n5c6ccc(C(C)(C)C)cc6c6cc7c(cc65)C5(c6ccccc6-c6ccccc65)c5ccccc5-7)cc4N(c4c(-c5ccccc5)cc(C(C)(C)C)cc4-c4ccccc4)c4cc(C(C)(C)C)cc2c43)c(-c2ccccc2)c1. The van der Waals surface area contributed by atoms with Gasteiger partial charge in [0.2, 0.25) is 0 Å². The molecule has 6 aliphatic rings. The molecule has 5 heteroatoms. The number of fused-ring (bicyclic) bond motifs is 30. The molecule has 2 spiro atoms. The Morgan fingerprint density at radius 3 is 0.839 bits per heavy atom. The monoisotopic (exact) mass is 1750 g/mol. The van der Waals surface area contributed by atoms with Crippen molar-refractivity contribution in [3.63, 3.8) is 0 Å². The Morgan fingerprint density at radius 1 is 0.197 bits per heavy atom. The normalized spacial score (nSPS) is 14.2. The smallest absolute Gasteiger partial charge is 0.252 e. The van der Waals surface area contributed by atoms with E-state index in [2.05, 4.69) is 508 Å². The Bertz CT molecular complexity index is 8540. The van der Waals surface area contributed by atoms with E-state index in [4.69, 9.17) is 0 Å². The van der Waals surface area contributed by atoms with Gasteiger partial charge in [0.1, 0.15) is 0 Å². The van der Waals surface area contributed by atoms with E-state index in [1.807, 2.05) is 0 Å². The van der Waals surface area contributed by atoms with E-state index in [1.54, 1.807) is 0 Å². The van der Waals surface area contributed by atoms with Crippen LogP contribution in [-0.4, -0.2) is 15.8 Å². The van der Waals surface area contributed by atoms with Crippen molar-refractivity contribution < 1.29 is 0 Å². The number of benzene rings is 19. The molecule has 2 aliphatic heterocycles. The first kappa shape index (κ1) is 81.0. The Balaban J connectivity index is 0.798. The highest BCUT2D eigenvalue weighted by Gasteiger charge is 2.55. The highest BCUT2D eigenvalue weighted by atomic mass is 15.2. The van der Waals surface area contributed by atoms with Crippen LogP contribution in [0.3, 0.4) is 0 Å². The van der Waals surface area contributed by atoms with Crippen molar-refractivity contribution in [1.82, 2.24) is 9.13 Å². The van der Waals surface area contributed by atoms with Crippen LogP contribution in [0.4, 0.5) is 34.1 Å². The summed E-state index contributed by atoms with van der Waals surface area (Å²) in [4.78, 5) is 5.58. The van der Waals surface area contributed by atoms with Gasteiger partial charge in [-0.2, -0.15) is 0 Å². The predicted molar refractivity (Wildman–Crippen MR) is 578 cm³/mol. The Morgan fingerprint density at radius 2 is 0.489 bits per heavy atom. The molecular formula is C132H103BN4. The lowest BCUT2D eigenvalue weighted by molar-refractivity contribution is 0.590. The second-order valence-electron chi connectivity index (χ2n) is 43.3. The van der Waals surface area contributed by atoms with Gasteiger partial charge in [0.05, 0.1) is 44.3 Å². The molecule has 0 saturated heterocycles. The molecule has 4 heterocycles. The van der Waals surface area contributed by atoms with E-state index in [-0.39, 0.29) is 23.0 Å². The van der Waals surface area contributed by atoms with Crippen LogP contribution in [0.1, 0.15) is 150 Å². The maximum Gasteiger partial charge on any atom is 0.252 e. The van der Waals surface area contributed by atoms with E-state index < -0.39 is 16.2 Å². The van der Waals surface area contributed by atoms with Gasteiger partial charge in [-0.3, -0.25) is 0 Å². The molecule has 137 heavy (non-hydrogen) atoms. The van der Waals surface area contributed by atoms with Crippen molar-refractivity contribution in [1.29, 1.82) is 0 Å². The van der Waals surface area contributed by atoms with Crippen LogP contribution in [0.25, 0.3) is 144 Å². The Hall–Kier alpha value is -15.6. The van der Waals surface area contributed by atoms with Crippen molar-refractivity contribution >= 4 is 101 Å². The summed E-state index contributed by atoms with van der Waals surface area (Å²) < 4.78 is 5.30. The summed E-state index contributed by atoms with van der Waals surface area (Å²) in [5.74, 6) is 0. The van der Waals surface area contributed by atoms with Crippen LogP contribution in [0.15, 0.2) is 406 Å². The van der Waals surface area contributed by atoms with Gasteiger partial charge in [0.15, 0.2) is 0 Å². The van der Waals surface area contributed by atoms with Crippen molar-refractivity contribution in [2.45, 2.75) is 116 Å². The van der Waals surface area contributed by atoms with Crippen LogP contribution < -0.4 is 26.2 Å². The predicted octanol–water partition coefficient (Wildman–Crippen LogP) is 32.5. The zero-order valence-electron chi connectivity index (χ0n) is 79.5. The fourth-order valence-electron chi connectivity index (χ4n) is 25.3. The van der Waals surface area contributed by atoms with Gasteiger partial charge in [-0.15, -0.1) is 0 Å². The first-order valence-corrected chi connectivity index (χ1v) is 49.0. The van der Waals surface area contributed by atoms with Crippen molar-refractivity contribution in [3.05, 3.63) is 473 Å². The number of rotatable bonds is 8. The lowest BCUT2D eigenvalue weighted by atomic mass is 9.33. The van der Waals surface area contributed by atoms with Crippen LogP contribution in [0, 0.1) is 0 Å². The molecule has 21 aromatic rings. The number of anilines is 6. The molecule has 4 nitrogen and oxygen atoms in total. The van der Waals surface area contributed by atoms with E-state index >= 15 is 0 Å². The van der Waals surface area contributed by atoms with Crippen molar-refractivity contribution in [2.75, 3.05) is 9.80 Å². The molecule has 0 bridgehead atoms. The molecule has 19 aromatic carbocycles. The summed E-state index contributed by atoms with van der Waals surface area (Å²) in [6.07, 6.45) is 0. The van der Waals surface area contributed by atoms with Gasteiger partial charge < -0.3 is 18.9 Å². The second kappa shape index (κ2) is 29.0. The molecule has 0 atom stereocenters. The summed E-state index contributed by atoms with van der Waals surface area (Å²) in [6.45, 7) is 28.3. The minimum atomic E-state index is -0.586. The van der Waals surface area contributed by atoms with Gasteiger partial charge in [0, 0.05) is 77.9 Å². The van der Waals surface area contributed by atoms with Crippen LogP contribution in [0.2, 0.25) is 0 Å². The van der Waals surface area contributed by atoms with Gasteiger partial charge in [0.25, 0.3) is 6.71 Å². The summed E-state index contributed by atoms with van der Waals surface area (Å²) in [5.41, 5.74) is 50.2. The third-order valence-corrected chi connectivity index (χ3v) is 31.7. The maximum atomic E-state index is 2.79. The molecular weight excluding hydrogens is 1650 g/mol. The minimum absolute atomic E-state index is 0.141. The molecule has 0 unspecified atom stereocenters. The highest BCUT2D eigenvalue weighted by molar-refractivity contribution is 7.00. The zero-order valence-corrected chi connectivity index (χ0v) is 79.5. The zero-order chi connectivity index (χ0) is 92.4. The molecule has 4 aliphatic carbocycles. The molecule has 654 valence electrons. The lowest BCUT2D eigenvalue weighted by Gasteiger charge is -2.47. The number of hydrogen-bond donors (Lipinski definition) is 0. The van der Waals surface area contributed by atoms with Gasteiger partial charge >= 0.3 is 0 Å². The van der Waals surface area contributed by atoms with Crippen LogP contribution in [-0.2, 0) is 32.5 Å². The third kappa shape index (κ3) is 11.4. The molecule has 0 saturated carbocycles. The average Bonchev–Trinajstić information content (AvgIpc) is 1.51. The van der Waals surface area contributed by atoms with Crippen LogP contribution in [0.5, 0.6) is 0 Å². The van der Waals surface area contributed by atoms with Gasteiger partial charge in [-0.05, 0) is 275 Å². The highest BCUT2D eigenvalue weighted by Crippen LogP contribution is 2.67. The summed E-state index contributed by atoms with van der Waals surface area (Å²) in [6, 6.07) is 159. The van der Waals surface area contributed by atoms with E-state index in [9.17, 15) is 0 Å². The van der Waals surface area contributed by atoms with Gasteiger partial charge in [-0.1, -0.05) is 386 Å². The maximum absolute atomic E-state index is 2.79. The lowest BCUT2D eigenvalue weighted by Crippen LogP contribution is -2.61. The second-order valence-corrected chi connectivity index (χ2v) is 43.3. The molecule has 2 aromatic heterocycles. The van der Waals surface area contributed by atoms with Gasteiger partial charge in [-0.25, -0.2) is 0 Å². The van der Waals surface area contributed by atoms with Crippen molar-refractivity contribution in [2.24, 2.45) is 0 Å². The van der Waals surface area contributed by atoms with Crippen molar-refractivity contribution in [3.8, 4) is 100 Å². The first-order valence-electron chi connectivity index (χ1n) is 49.0. The largest absolute Gasteiger partial charge is 0.310 e. The number of aromatic nitrogens is 2. The Kier molecular flexibility index (Phi) is 17.2. The molecule has 27 rings (SSSR count). The molecule has 0 amide bonds. The molecule has 0 fully saturated rings. The fraction of sp³-hybridized carbons (Fsp3) is 0.136. The topological polar surface area (TPSA) is 16.3 Å². The Labute approximate surface area is 803 Å². The standard InChI is InChI=1S/C132H103BN4/c1-127(2,3)84-61-66-117-103(67-84)105-77-102-95-52-30-37-59-111(95)132(108-56-34-27-49-92(108)93-50-28-35-57-109(93)132)113(102)79-119(105)135(117)89-63-65-115-121(75-89)137(126-99(82-43-21-15-22-44-82)70-86(129(7,8)9)71-100(126)83-45-23-16-24-46-83)123-73-87(130(10,11)12)72-122-124(123)133(115)114-64-62-88(74-120(114)136(122)125-97(80-39-17-13-18-40-80)68-85(128(4,5)6)69-98(125)81-41-19-14-20-42-81)134-116-60-38-31-53-96(116)104-76-101-94-51-29-36-58-110(94)131(112(101)78-118(104)134)106-54-32-25-47-90(106)91-48-26-33-55-107(91)131/h13-79H,1-12H3. The number of nitrogens with zero attached hydrogens (tertiary/aromatic N) is 4. The summed E-state index contributed by atoms with van der Waals surface area (Å²) in [5, 5.41) is 4.90. The van der Waals surface area contributed by atoms with E-state index in [1.165, 1.54) is 155 Å². The fourth-order valence-corrected chi connectivity index (χ4v) is 25.3. The number of hydrogen-bond acceptors (Lipinski definition) is 2. The van der Waals surface area contributed by atoms with E-state index in [0.717, 1.165) is 107 Å². The molecule has 0 radical (unpaired) electrons. The summed E-state index contributed by atoms with van der Waals surface area (Å²) in [7, 11) is 0. The summed E-state index contributed by atoms with van der Waals surface area (Å²) >= 11 is 0. The van der Waals surface area contributed by atoms with E-state index in [0.29, 0.717) is 0 Å². The molecule has 0 N–H and O–H groups in total. The quantitative estimate of drug-likeness (QED) is 0.141. The average molecular weight is 1760 g/mol. The first-order chi connectivity index (χ1) is 66.5.